The van der Waals surface area contributed by atoms with Crippen molar-refractivity contribution in [2.45, 2.75) is 11.8 Å². The van der Waals surface area contributed by atoms with Gasteiger partial charge in [0, 0.05) is 14.9 Å². The number of amides is 1. The van der Waals surface area contributed by atoms with Crippen LogP contribution in [0.1, 0.15) is 17.3 Å². The maximum atomic E-state index is 12.8. The SMILES string of the molecule is CC(Br)CNC(=O)c1ccc(F)cc1I. The molecular weight excluding hydrogens is 376 g/mol. The van der Waals surface area contributed by atoms with Crippen LogP contribution in [0, 0.1) is 9.39 Å². The van der Waals surface area contributed by atoms with Crippen LogP contribution in [0.2, 0.25) is 0 Å². The van der Waals surface area contributed by atoms with Gasteiger partial charge in [-0.15, -0.1) is 0 Å². The second-order valence-corrected chi connectivity index (χ2v) is 5.84. The number of alkyl halides is 1. The summed E-state index contributed by atoms with van der Waals surface area (Å²) in [5.74, 6) is -0.504. The van der Waals surface area contributed by atoms with Crippen LogP contribution in [-0.2, 0) is 0 Å². The number of halogens is 3. The fourth-order valence-electron chi connectivity index (χ4n) is 1.00. The van der Waals surface area contributed by atoms with Crippen molar-refractivity contribution in [1.29, 1.82) is 0 Å². The maximum Gasteiger partial charge on any atom is 0.252 e. The van der Waals surface area contributed by atoms with Crippen LogP contribution in [0.5, 0.6) is 0 Å². The Balaban J connectivity index is 2.74. The third-order valence-corrected chi connectivity index (χ3v) is 2.94. The summed E-state index contributed by atoms with van der Waals surface area (Å²) in [7, 11) is 0. The van der Waals surface area contributed by atoms with Gasteiger partial charge in [0.1, 0.15) is 5.82 Å². The molecular formula is C10H10BrFINO. The molecule has 5 heteroatoms. The molecule has 1 aromatic carbocycles. The molecule has 82 valence electrons. The van der Waals surface area contributed by atoms with Crippen molar-refractivity contribution < 1.29 is 9.18 Å². The molecule has 1 N–H and O–H groups in total. The van der Waals surface area contributed by atoms with E-state index in [1.165, 1.54) is 18.2 Å². The van der Waals surface area contributed by atoms with Gasteiger partial charge in [0.05, 0.1) is 5.56 Å². The Morgan fingerprint density at radius 1 is 1.67 bits per heavy atom. The molecule has 0 spiro atoms. The number of rotatable bonds is 3. The predicted molar refractivity (Wildman–Crippen MR) is 69.8 cm³/mol. The quantitative estimate of drug-likeness (QED) is 0.629. The first kappa shape index (κ1) is 12.9. The normalized spacial score (nSPS) is 12.3. The molecule has 0 radical (unpaired) electrons. The highest BCUT2D eigenvalue weighted by Gasteiger charge is 2.10. The fourth-order valence-corrected chi connectivity index (χ4v) is 1.89. The van der Waals surface area contributed by atoms with Gasteiger partial charge in [-0.25, -0.2) is 4.39 Å². The Morgan fingerprint density at radius 3 is 2.87 bits per heavy atom. The van der Waals surface area contributed by atoms with Crippen molar-refractivity contribution in [2.24, 2.45) is 0 Å². The number of benzene rings is 1. The highest BCUT2D eigenvalue weighted by Crippen LogP contribution is 2.13. The van der Waals surface area contributed by atoms with Crippen LogP contribution in [0.25, 0.3) is 0 Å². The van der Waals surface area contributed by atoms with Crippen molar-refractivity contribution in [3.05, 3.63) is 33.1 Å². The van der Waals surface area contributed by atoms with Crippen LogP contribution in [0.4, 0.5) is 4.39 Å². The molecule has 0 fully saturated rings. The lowest BCUT2D eigenvalue weighted by Crippen LogP contribution is -2.28. The lowest BCUT2D eigenvalue weighted by Gasteiger charge is -2.07. The second-order valence-electron chi connectivity index (χ2n) is 3.11. The van der Waals surface area contributed by atoms with Gasteiger partial charge >= 0.3 is 0 Å². The van der Waals surface area contributed by atoms with E-state index in [4.69, 9.17) is 0 Å². The topological polar surface area (TPSA) is 29.1 Å². The van der Waals surface area contributed by atoms with Crippen LogP contribution < -0.4 is 5.32 Å². The van der Waals surface area contributed by atoms with Gasteiger partial charge in [-0.2, -0.15) is 0 Å². The lowest BCUT2D eigenvalue weighted by atomic mass is 10.2. The molecule has 1 rings (SSSR count). The number of hydrogen-bond acceptors (Lipinski definition) is 1. The number of carbonyl (C=O) groups excluding carboxylic acids is 1. The van der Waals surface area contributed by atoms with Gasteiger partial charge in [-0.05, 0) is 40.8 Å². The third kappa shape index (κ3) is 4.06. The molecule has 0 heterocycles. The zero-order valence-electron chi connectivity index (χ0n) is 8.06. The van der Waals surface area contributed by atoms with E-state index in [-0.39, 0.29) is 16.6 Å². The van der Waals surface area contributed by atoms with Gasteiger partial charge in [0.25, 0.3) is 5.91 Å². The molecule has 0 saturated heterocycles. The first-order valence-corrected chi connectivity index (χ1v) is 6.37. The predicted octanol–water partition coefficient (Wildman–Crippen LogP) is 2.94. The minimum absolute atomic E-state index is 0.175. The first-order valence-electron chi connectivity index (χ1n) is 4.38. The van der Waals surface area contributed by atoms with Crippen molar-refractivity contribution in [3.8, 4) is 0 Å². The van der Waals surface area contributed by atoms with Gasteiger partial charge in [0.15, 0.2) is 0 Å². The molecule has 1 unspecified atom stereocenters. The minimum Gasteiger partial charge on any atom is -0.351 e. The van der Waals surface area contributed by atoms with Crippen molar-refractivity contribution >= 4 is 44.4 Å². The van der Waals surface area contributed by atoms with Crippen LogP contribution in [0.15, 0.2) is 18.2 Å². The largest absolute Gasteiger partial charge is 0.351 e. The van der Waals surface area contributed by atoms with Crippen LogP contribution >= 0.6 is 38.5 Å². The summed E-state index contributed by atoms with van der Waals surface area (Å²) in [6.07, 6.45) is 0. The zero-order valence-corrected chi connectivity index (χ0v) is 11.8. The Morgan fingerprint density at radius 2 is 2.33 bits per heavy atom. The summed E-state index contributed by atoms with van der Waals surface area (Å²) < 4.78 is 13.4. The van der Waals surface area contributed by atoms with E-state index < -0.39 is 0 Å². The van der Waals surface area contributed by atoms with E-state index in [2.05, 4.69) is 21.2 Å². The first-order chi connectivity index (χ1) is 7.00. The molecule has 2 nitrogen and oxygen atoms in total. The molecule has 1 aromatic rings. The molecule has 0 aliphatic heterocycles. The van der Waals surface area contributed by atoms with Crippen molar-refractivity contribution in [2.75, 3.05) is 6.54 Å². The van der Waals surface area contributed by atoms with Crippen molar-refractivity contribution in [3.63, 3.8) is 0 Å². The molecule has 0 aromatic heterocycles. The van der Waals surface area contributed by atoms with E-state index in [1.807, 2.05) is 29.5 Å². The van der Waals surface area contributed by atoms with E-state index in [9.17, 15) is 9.18 Å². The summed E-state index contributed by atoms with van der Waals surface area (Å²) in [5, 5.41) is 2.75. The van der Waals surface area contributed by atoms with Gasteiger partial charge in [-0.3, -0.25) is 4.79 Å². The second kappa shape index (κ2) is 5.79. The van der Waals surface area contributed by atoms with Crippen LogP contribution in [0.3, 0.4) is 0 Å². The minimum atomic E-state index is -0.329. The summed E-state index contributed by atoms with van der Waals surface area (Å²) in [5.41, 5.74) is 0.505. The molecule has 0 saturated carbocycles. The lowest BCUT2D eigenvalue weighted by molar-refractivity contribution is 0.0953. The zero-order chi connectivity index (χ0) is 11.4. The molecule has 0 aliphatic rings. The monoisotopic (exact) mass is 385 g/mol. The van der Waals surface area contributed by atoms with Gasteiger partial charge in [0.2, 0.25) is 0 Å². The van der Waals surface area contributed by atoms with Gasteiger partial charge < -0.3 is 5.32 Å². The van der Waals surface area contributed by atoms with Crippen LogP contribution in [-0.4, -0.2) is 17.3 Å². The average molecular weight is 386 g/mol. The Labute approximate surface area is 110 Å². The number of hydrogen-bond donors (Lipinski definition) is 1. The van der Waals surface area contributed by atoms with Crippen molar-refractivity contribution in [1.82, 2.24) is 5.32 Å². The smallest absolute Gasteiger partial charge is 0.252 e. The molecule has 15 heavy (non-hydrogen) atoms. The Bertz CT molecular complexity index is 370. The maximum absolute atomic E-state index is 12.8. The molecule has 0 aliphatic carbocycles. The highest BCUT2D eigenvalue weighted by molar-refractivity contribution is 14.1. The van der Waals surface area contributed by atoms with E-state index in [1.54, 1.807) is 0 Å². The summed E-state index contributed by atoms with van der Waals surface area (Å²) in [6.45, 7) is 2.49. The molecule has 1 atom stereocenters. The Hall–Kier alpha value is -0.170. The van der Waals surface area contributed by atoms with E-state index in [0.717, 1.165) is 0 Å². The standard InChI is InChI=1S/C10H10BrFINO/c1-6(11)5-14-10(15)8-3-2-7(12)4-9(8)13/h2-4,6H,5H2,1H3,(H,14,15). The van der Waals surface area contributed by atoms with E-state index in [0.29, 0.717) is 15.7 Å². The van der Waals surface area contributed by atoms with Gasteiger partial charge in [-0.1, -0.05) is 22.9 Å². The third-order valence-electron chi connectivity index (χ3n) is 1.72. The molecule has 0 bridgehead atoms. The summed E-state index contributed by atoms with van der Waals surface area (Å²) >= 11 is 5.27. The van der Waals surface area contributed by atoms with E-state index >= 15 is 0 Å². The summed E-state index contributed by atoms with van der Waals surface area (Å²) in [4.78, 5) is 11.8. The Kier molecular flexibility index (Phi) is 4.98. The number of carbonyl (C=O) groups is 1. The number of nitrogens with one attached hydrogen (secondary N) is 1. The summed E-state index contributed by atoms with van der Waals surface area (Å²) in [6, 6.07) is 4.12. The fraction of sp³-hybridized carbons (Fsp3) is 0.300. The molecule has 1 amide bonds. The highest BCUT2D eigenvalue weighted by atomic mass is 127. The average Bonchev–Trinajstić information content (AvgIpc) is 2.14.